The summed E-state index contributed by atoms with van der Waals surface area (Å²) >= 11 is 0. The monoisotopic (exact) mass is 233 g/mol. The lowest BCUT2D eigenvalue weighted by Crippen LogP contribution is -2.36. The fraction of sp³-hybridized carbons (Fsp3) is 0.600. The maximum absolute atomic E-state index is 5.40. The third kappa shape index (κ3) is 3.55. The van der Waals surface area contributed by atoms with Crippen LogP contribution in [0.25, 0.3) is 0 Å². The van der Waals surface area contributed by atoms with Gasteiger partial charge in [0.15, 0.2) is 0 Å². The Morgan fingerprint density at radius 2 is 1.71 bits per heavy atom. The molecule has 1 aromatic carbocycles. The lowest BCUT2D eigenvalue weighted by Gasteiger charge is -2.31. The molecule has 0 atom stereocenters. The van der Waals surface area contributed by atoms with E-state index in [1.165, 1.54) is 24.0 Å². The number of hydrogen-bond acceptors (Lipinski definition) is 2. The largest absolute Gasteiger partial charge is 0.381 e. The van der Waals surface area contributed by atoms with E-state index in [9.17, 15) is 0 Å². The summed E-state index contributed by atoms with van der Waals surface area (Å²) in [7, 11) is 2.23. The number of aryl methyl sites for hydroxylation is 1. The number of benzene rings is 1. The van der Waals surface area contributed by atoms with Gasteiger partial charge in [0.25, 0.3) is 0 Å². The van der Waals surface area contributed by atoms with Gasteiger partial charge in [-0.2, -0.15) is 0 Å². The Morgan fingerprint density at radius 1 is 1.12 bits per heavy atom. The van der Waals surface area contributed by atoms with Gasteiger partial charge < -0.3 is 4.74 Å². The second-order valence-corrected chi connectivity index (χ2v) is 4.93. The molecular weight excluding hydrogens is 210 g/mol. The van der Waals surface area contributed by atoms with Crippen LogP contribution in [-0.4, -0.2) is 31.2 Å². The normalized spacial score (nSPS) is 17.6. The van der Waals surface area contributed by atoms with Crippen LogP contribution in [0.1, 0.15) is 30.9 Å². The van der Waals surface area contributed by atoms with Crippen LogP contribution in [0.5, 0.6) is 0 Å². The molecule has 1 saturated heterocycles. The highest BCUT2D eigenvalue weighted by molar-refractivity contribution is 5.22. The molecule has 1 fully saturated rings. The molecule has 0 saturated carbocycles. The van der Waals surface area contributed by atoms with Crippen molar-refractivity contribution in [3.63, 3.8) is 0 Å². The van der Waals surface area contributed by atoms with E-state index >= 15 is 0 Å². The predicted octanol–water partition coefficient (Wildman–Crippen LogP) is 2.86. The van der Waals surface area contributed by atoms with Crippen molar-refractivity contribution in [1.29, 1.82) is 0 Å². The Labute approximate surface area is 105 Å². The van der Waals surface area contributed by atoms with Gasteiger partial charge in [0, 0.05) is 25.8 Å². The Kier molecular flexibility index (Phi) is 4.57. The Morgan fingerprint density at radius 3 is 2.29 bits per heavy atom. The molecule has 0 spiro atoms. The fourth-order valence-electron chi connectivity index (χ4n) is 2.42. The van der Waals surface area contributed by atoms with Crippen molar-refractivity contribution in [2.24, 2.45) is 0 Å². The van der Waals surface area contributed by atoms with E-state index in [-0.39, 0.29) is 0 Å². The van der Waals surface area contributed by atoms with Gasteiger partial charge >= 0.3 is 0 Å². The Balaban J connectivity index is 1.89. The summed E-state index contributed by atoms with van der Waals surface area (Å²) in [5, 5.41) is 0. The minimum atomic E-state index is 0.689. The van der Waals surface area contributed by atoms with E-state index in [0.29, 0.717) is 6.04 Å². The summed E-state index contributed by atoms with van der Waals surface area (Å²) < 4.78 is 5.40. The van der Waals surface area contributed by atoms with Crippen molar-refractivity contribution in [3.8, 4) is 0 Å². The molecule has 0 N–H and O–H groups in total. The van der Waals surface area contributed by atoms with E-state index in [0.717, 1.165) is 26.2 Å². The Bertz CT molecular complexity index is 327. The van der Waals surface area contributed by atoms with Crippen molar-refractivity contribution in [3.05, 3.63) is 35.4 Å². The van der Waals surface area contributed by atoms with E-state index in [4.69, 9.17) is 4.74 Å². The second kappa shape index (κ2) is 6.18. The fourth-order valence-corrected chi connectivity index (χ4v) is 2.42. The summed E-state index contributed by atoms with van der Waals surface area (Å²) in [5.41, 5.74) is 2.83. The standard InChI is InChI=1S/C15H23NO/c1-3-13-4-6-14(7-5-13)12-16(2)15-8-10-17-11-9-15/h4-7,15H,3,8-12H2,1-2H3. The first-order valence-corrected chi connectivity index (χ1v) is 6.65. The Hall–Kier alpha value is -0.860. The average Bonchev–Trinajstić information content (AvgIpc) is 2.40. The van der Waals surface area contributed by atoms with Gasteiger partial charge in [0.1, 0.15) is 0 Å². The lowest BCUT2D eigenvalue weighted by molar-refractivity contribution is 0.0407. The molecule has 17 heavy (non-hydrogen) atoms. The zero-order chi connectivity index (χ0) is 12.1. The van der Waals surface area contributed by atoms with Gasteiger partial charge in [-0.15, -0.1) is 0 Å². The van der Waals surface area contributed by atoms with E-state index in [2.05, 4.69) is 43.1 Å². The molecule has 2 nitrogen and oxygen atoms in total. The molecule has 94 valence electrons. The maximum Gasteiger partial charge on any atom is 0.0480 e. The molecule has 0 aliphatic carbocycles. The van der Waals surface area contributed by atoms with Crippen LogP contribution < -0.4 is 0 Å². The zero-order valence-electron chi connectivity index (χ0n) is 11.0. The van der Waals surface area contributed by atoms with Gasteiger partial charge in [-0.1, -0.05) is 31.2 Å². The summed E-state index contributed by atoms with van der Waals surface area (Å²) in [4.78, 5) is 2.46. The van der Waals surface area contributed by atoms with Crippen LogP contribution in [-0.2, 0) is 17.7 Å². The average molecular weight is 233 g/mol. The van der Waals surface area contributed by atoms with Crippen LogP contribution in [0.4, 0.5) is 0 Å². The van der Waals surface area contributed by atoms with Crippen LogP contribution in [0, 0.1) is 0 Å². The number of hydrogen-bond donors (Lipinski definition) is 0. The molecule has 1 aromatic rings. The molecule has 0 aromatic heterocycles. The van der Waals surface area contributed by atoms with Gasteiger partial charge in [-0.3, -0.25) is 4.90 Å². The molecule has 1 heterocycles. The van der Waals surface area contributed by atoms with Gasteiger partial charge in [0.05, 0.1) is 0 Å². The highest BCUT2D eigenvalue weighted by Gasteiger charge is 2.18. The summed E-state index contributed by atoms with van der Waals surface area (Å²) in [6.07, 6.45) is 3.46. The SMILES string of the molecule is CCc1ccc(CN(C)C2CCOCC2)cc1. The molecular formula is C15H23NO. The van der Waals surface area contributed by atoms with Gasteiger partial charge in [0.2, 0.25) is 0 Å². The minimum absolute atomic E-state index is 0.689. The zero-order valence-corrected chi connectivity index (χ0v) is 11.0. The van der Waals surface area contributed by atoms with Crippen molar-refractivity contribution < 1.29 is 4.74 Å². The van der Waals surface area contributed by atoms with Crippen molar-refractivity contribution in [1.82, 2.24) is 4.90 Å². The van der Waals surface area contributed by atoms with Crippen LogP contribution >= 0.6 is 0 Å². The van der Waals surface area contributed by atoms with Gasteiger partial charge in [-0.05, 0) is 37.4 Å². The molecule has 2 rings (SSSR count). The molecule has 0 unspecified atom stereocenters. The second-order valence-electron chi connectivity index (χ2n) is 4.93. The number of nitrogens with zero attached hydrogens (tertiary/aromatic N) is 1. The number of ether oxygens (including phenoxy) is 1. The molecule has 2 heteroatoms. The lowest BCUT2D eigenvalue weighted by atomic mass is 10.1. The summed E-state index contributed by atoms with van der Waals surface area (Å²) in [6.45, 7) is 5.09. The first-order valence-electron chi connectivity index (χ1n) is 6.65. The van der Waals surface area contributed by atoms with Crippen LogP contribution in [0.2, 0.25) is 0 Å². The number of rotatable bonds is 4. The molecule has 0 radical (unpaired) electrons. The van der Waals surface area contributed by atoms with Crippen molar-refractivity contribution in [2.45, 2.75) is 38.8 Å². The highest BCUT2D eigenvalue weighted by Crippen LogP contribution is 2.16. The van der Waals surface area contributed by atoms with E-state index in [1.54, 1.807) is 0 Å². The molecule has 1 aliphatic rings. The first-order chi connectivity index (χ1) is 8.29. The third-order valence-electron chi connectivity index (χ3n) is 3.68. The van der Waals surface area contributed by atoms with Crippen molar-refractivity contribution in [2.75, 3.05) is 20.3 Å². The van der Waals surface area contributed by atoms with E-state index in [1.807, 2.05) is 0 Å². The molecule has 0 amide bonds. The minimum Gasteiger partial charge on any atom is -0.381 e. The third-order valence-corrected chi connectivity index (χ3v) is 3.68. The molecule has 0 bridgehead atoms. The van der Waals surface area contributed by atoms with Crippen molar-refractivity contribution >= 4 is 0 Å². The topological polar surface area (TPSA) is 12.5 Å². The predicted molar refractivity (Wildman–Crippen MR) is 71.1 cm³/mol. The summed E-state index contributed by atoms with van der Waals surface area (Å²) in [6, 6.07) is 9.69. The van der Waals surface area contributed by atoms with Crippen LogP contribution in [0.3, 0.4) is 0 Å². The molecule has 1 aliphatic heterocycles. The highest BCUT2D eigenvalue weighted by atomic mass is 16.5. The van der Waals surface area contributed by atoms with Crippen LogP contribution in [0.15, 0.2) is 24.3 Å². The smallest absolute Gasteiger partial charge is 0.0480 e. The van der Waals surface area contributed by atoms with Gasteiger partial charge in [-0.25, -0.2) is 0 Å². The first kappa shape index (κ1) is 12.6. The van der Waals surface area contributed by atoms with E-state index < -0.39 is 0 Å². The summed E-state index contributed by atoms with van der Waals surface area (Å²) in [5.74, 6) is 0. The quantitative estimate of drug-likeness (QED) is 0.793. The maximum atomic E-state index is 5.40.